The summed E-state index contributed by atoms with van der Waals surface area (Å²) in [4.78, 5) is 14.7. The van der Waals surface area contributed by atoms with Crippen molar-refractivity contribution in [1.29, 1.82) is 0 Å². The number of fused-ring (bicyclic) bond motifs is 1. The number of para-hydroxylation sites is 1. The molecule has 0 aromatic heterocycles. The van der Waals surface area contributed by atoms with Crippen LogP contribution in [0.3, 0.4) is 0 Å². The Morgan fingerprint density at radius 1 is 1.22 bits per heavy atom. The zero-order chi connectivity index (χ0) is 12.4. The molecule has 1 saturated heterocycles. The number of hydrogen-bond donors (Lipinski definition) is 0. The molecule has 0 N–H and O–H groups in total. The number of nitrogens with zero attached hydrogens (tertiary/aromatic N) is 1. The van der Waals surface area contributed by atoms with E-state index in [2.05, 4.69) is 18.2 Å². The molecule has 3 rings (SSSR count). The summed E-state index contributed by atoms with van der Waals surface area (Å²) in [5, 5.41) is 0.199. The lowest BCUT2D eigenvalue weighted by atomic mass is 10.0. The summed E-state index contributed by atoms with van der Waals surface area (Å²) >= 11 is 1.85. The van der Waals surface area contributed by atoms with Crippen LogP contribution >= 0.6 is 11.8 Å². The smallest absolute Gasteiger partial charge is 0.240 e. The Bertz CT molecular complexity index is 440. The van der Waals surface area contributed by atoms with E-state index in [4.69, 9.17) is 0 Å². The third-order valence-electron chi connectivity index (χ3n) is 3.83. The van der Waals surface area contributed by atoms with Gasteiger partial charge in [-0.15, -0.1) is 11.8 Å². The Morgan fingerprint density at radius 2 is 2.11 bits per heavy atom. The van der Waals surface area contributed by atoms with Gasteiger partial charge in [-0.25, -0.2) is 0 Å². The van der Waals surface area contributed by atoms with Crippen molar-refractivity contribution in [1.82, 2.24) is 0 Å². The van der Waals surface area contributed by atoms with Crippen LogP contribution in [0.25, 0.3) is 0 Å². The molecule has 2 heterocycles. The van der Waals surface area contributed by atoms with Gasteiger partial charge in [-0.05, 0) is 43.1 Å². The molecule has 1 amide bonds. The van der Waals surface area contributed by atoms with E-state index in [0.717, 1.165) is 37.2 Å². The molecular weight excluding hydrogens is 242 g/mol. The molecule has 1 fully saturated rings. The predicted octanol–water partition coefficient (Wildman–Crippen LogP) is 3.25. The van der Waals surface area contributed by atoms with Crippen molar-refractivity contribution in [3.8, 4) is 0 Å². The lowest BCUT2D eigenvalue weighted by Gasteiger charge is -2.33. The van der Waals surface area contributed by atoms with E-state index in [-0.39, 0.29) is 5.25 Å². The van der Waals surface area contributed by atoms with Crippen molar-refractivity contribution in [3.05, 3.63) is 29.8 Å². The van der Waals surface area contributed by atoms with Crippen LogP contribution in [0.4, 0.5) is 5.69 Å². The average Bonchev–Trinajstić information content (AvgIpc) is 2.47. The van der Waals surface area contributed by atoms with Crippen LogP contribution in [0.1, 0.15) is 31.2 Å². The van der Waals surface area contributed by atoms with E-state index in [1.165, 1.54) is 18.4 Å². The molecule has 2 nitrogen and oxygen atoms in total. The molecule has 1 atom stereocenters. The Balaban J connectivity index is 1.82. The second kappa shape index (κ2) is 5.35. The van der Waals surface area contributed by atoms with Crippen LogP contribution in [-0.4, -0.2) is 23.5 Å². The number of carbonyl (C=O) groups is 1. The van der Waals surface area contributed by atoms with Crippen molar-refractivity contribution in [2.24, 2.45) is 0 Å². The third kappa shape index (κ3) is 2.28. The molecule has 0 radical (unpaired) electrons. The van der Waals surface area contributed by atoms with Gasteiger partial charge in [0, 0.05) is 12.2 Å². The van der Waals surface area contributed by atoms with Crippen molar-refractivity contribution < 1.29 is 4.79 Å². The second-order valence-electron chi connectivity index (χ2n) is 5.08. The fraction of sp³-hybridized carbons (Fsp3) is 0.533. The summed E-state index contributed by atoms with van der Waals surface area (Å²) in [5.41, 5.74) is 2.48. The number of rotatable bonds is 1. The highest BCUT2D eigenvalue weighted by Crippen LogP contribution is 2.32. The maximum absolute atomic E-state index is 12.6. The molecule has 18 heavy (non-hydrogen) atoms. The van der Waals surface area contributed by atoms with Crippen LogP contribution in [0.15, 0.2) is 24.3 Å². The van der Waals surface area contributed by atoms with E-state index >= 15 is 0 Å². The van der Waals surface area contributed by atoms with E-state index in [9.17, 15) is 4.79 Å². The summed E-state index contributed by atoms with van der Waals surface area (Å²) in [6.45, 7) is 0.896. The summed E-state index contributed by atoms with van der Waals surface area (Å²) in [5.74, 6) is 1.48. The summed E-state index contributed by atoms with van der Waals surface area (Å²) < 4.78 is 0. The lowest BCUT2D eigenvalue weighted by Crippen LogP contribution is -2.41. The molecule has 2 aliphatic heterocycles. The molecule has 1 aromatic carbocycles. The predicted molar refractivity (Wildman–Crippen MR) is 77.2 cm³/mol. The molecule has 0 aliphatic carbocycles. The minimum absolute atomic E-state index is 0.199. The molecule has 2 aliphatic rings. The molecule has 96 valence electrons. The number of thioether (sulfide) groups is 1. The SMILES string of the molecule is O=C(C1CCCCS1)N1CCCc2ccccc21. The summed E-state index contributed by atoms with van der Waals surface area (Å²) in [7, 11) is 0. The van der Waals surface area contributed by atoms with Crippen LogP contribution in [0.2, 0.25) is 0 Å². The van der Waals surface area contributed by atoms with Crippen LogP contribution in [-0.2, 0) is 11.2 Å². The number of benzene rings is 1. The Labute approximate surface area is 113 Å². The number of hydrogen-bond acceptors (Lipinski definition) is 2. The quantitative estimate of drug-likeness (QED) is 0.773. The van der Waals surface area contributed by atoms with Crippen molar-refractivity contribution in [2.45, 2.75) is 37.4 Å². The topological polar surface area (TPSA) is 20.3 Å². The number of carbonyl (C=O) groups excluding carboxylic acids is 1. The number of amides is 1. The molecule has 1 unspecified atom stereocenters. The van der Waals surface area contributed by atoms with Crippen LogP contribution in [0.5, 0.6) is 0 Å². The summed E-state index contributed by atoms with van der Waals surface area (Å²) in [6, 6.07) is 8.36. The van der Waals surface area contributed by atoms with Gasteiger partial charge in [-0.1, -0.05) is 24.6 Å². The minimum atomic E-state index is 0.199. The molecular formula is C15H19NOS. The molecule has 0 spiro atoms. The Morgan fingerprint density at radius 3 is 2.94 bits per heavy atom. The largest absolute Gasteiger partial charge is 0.311 e. The van der Waals surface area contributed by atoms with Crippen molar-refractivity contribution >= 4 is 23.4 Å². The van der Waals surface area contributed by atoms with Gasteiger partial charge in [0.15, 0.2) is 0 Å². The van der Waals surface area contributed by atoms with Gasteiger partial charge in [0.2, 0.25) is 5.91 Å². The van der Waals surface area contributed by atoms with Gasteiger partial charge < -0.3 is 4.90 Å². The molecule has 0 saturated carbocycles. The Kier molecular flexibility index (Phi) is 3.59. The molecule has 0 bridgehead atoms. The highest BCUT2D eigenvalue weighted by molar-refractivity contribution is 8.00. The van der Waals surface area contributed by atoms with Crippen LogP contribution in [0, 0.1) is 0 Å². The normalized spacial score (nSPS) is 23.6. The zero-order valence-electron chi connectivity index (χ0n) is 10.6. The Hall–Kier alpha value is -0.960. The summed E-state index contributed by atoms with van der Waals surface area (Å²) in [6.07, 6.45) is 5.74. The van der Waals surface area contributed by atoms with Crippen LogP contribution < -0.4 is 4.90 Å². The van der Waals surface area contributed by atoms with E-state index in [0.29, 0.717) is 5.91 Å². The molecule has 1 aromatic rings. The third-order valence-corrected chi connectivity index (χ3v) is 5.20. The van der Waals surface area contributed by atoms with Gasteiger partial charge in [0.25, 0.3) is 0 Å². The van der Waals surface area contributed by atoms with Gasteiger partial charge >= 0.3 is 0 Å². The van der Waals surface area contributed by atoms with Gasteiger partial charge in [0.1, 0.15) is 0 Å². The van der Waals surface area contributed by atoms with E-state index in [1.807, 2.05) is 22.7 Å². The van der Waals surface area contributed by atoms with E-state index < -0.39 is 0 Å². The van der Waals surface area contributed by atoms with Crippen molar-refractivity contribution in [3.63, 3.8) is 0 Å². The minimum Gasteiger partial charge on any atom is -0.311 e. The second-order valence-corrected chi connectivity index (χ2v) is 6.39. The standard InChI is InChI=1S/C15H19NOS/c17-15(14-9-3-4-11-18-14)16-10-5-7-12-6-1-2-8-13(12)16/h1-2,6,8,14H,3-5,7,9-11H2. The number of anilines is 1. The van der Waals surface area contributed by atoms with Gasteiger partial charge in [-0.2, -0.15) is 0 Å². The zero-order valence-corrected chi connectivity index (χ0v) is 11.4. The maximum atomic E-state index is 12.6. The van der Waals surface area contributed by atoms with Gasteiger partial charge in [0.05, 0.1) is 5.25 Å². The first kappa shape index (κ1) is 12.1. The highest BCUT2D eigenvalue weighted by atomic mass is 32.2. The lowest BCUT2D eigenvalue weighted by molar-refractivity contribution is -0.118. The first-order chi connectivity index (χ1) is 8.86. The average molecular weight is 261 g/mol. The van der Waals surface area contributed by atoms with Crippen molar-refractivity contribution in [2.75, 3.05) is 17.2 Å². The first-order valence-electron chi connectivity index (χ1n) is 6.87. The monoisotopic (exact) mass is 261 g/mol. The molecule has 3 heteroatoms. The highest BCUT2D eigenvalue weighted by Gasteiger charge is 2.29. The van der Waals surface area contributed by atoms with Gasteiger partial charge in [-0.3, -0.25) is 4.79 Å². The number of aryl methyl sites for hydroxylation is 1. The maximum Gasteiger partial charge on any atom is 0.240 e. The van der Waals surface area contributed by atoms with E-state index in [1.54, 1.807) is 0 Å². The fourth-order valence-corrected chi connectivity index (χ4v) is 4.13. The fourth-order valence-electron chi connectivity index (χ4n) is 2.87. The first-order valence-corrected chi connectivity index (χ1v) is 7.92.